The average molecular weight is 228 g/mol. The summed E-state index contributed by atoms with van der Waals surface area (Å²) in [6, 6.07) is 1.56. The van der Waals surface area contributed by atoms with E-state index in [-0.39, 0.29) is 0 Å². The van der Waals surface area contributed by atoms with Gasteiger partial charge in [-0.1, -0.05) is 0 Å². The van der Waals surface area contributed by atoms with E-state index in [2.05, 4.69) is 36.1 Å². The zero-order valence-electron chi connectivity index (χ0n) is 10.0. The Balaban J connectivity index is 1.69. The van der Waals surface area contributed by atoms with E-state index in [1.54, 1.807) is 0 Å². The summed E-state index contributed by atoms with van der Waals surface area (Å²) in [5.74, 6) is 3.67. The van der Waals surface area contributed by atoms with E-state index in [1.807, 2.05) is 0 Å². The van der Waals surface area contributed by atoms with Crippen LogP contribution in [0.15, 0.2) is 0 Å². The Kier molecular flexibility index (Phi) is 4.35. The maximum absolute atomic E-state index is 3.76. The first-order valence-electron chi connectivity index (χ1n) is 6.25. The van der Waals surface area contributed by atoms with Gasteiger partial charge in [-0.05, 0) is 51.4 Å². The third-order valence-corrected chi connectivity index (χ3v) is 4.82. The average Bonchev–Trinajstić information content (AvgIpc) is 3.03. The smallest absolute Gasteiger partial charge is 0.0242 e. The van der Waals surface area contributed by atoms with E-state index in [0.717, 1.165) is 18.0 Å². The number of likely N-dealkylation sites (N-methyl/N-ethyl adjacent to an activating group) is 1. The largest absolute Gasteiger partial charge is 0.312 e. The SMILES string of the molecule is CN(C)C(CNC1CCCSC1)C1CC1. The summed E-state index contributed by atoms with van der Waals surface area (Å²) in [6.45, 7) is 1.20. The van der Waals surface area contributed by atoms with Crippen molar-refractivity contribution in [2.45, 2.75) is 37.8 Å². The number of rotatable bonds is 5. The number of hydrogen-bond donors (Lipinski definition) is 1. The molecule has 1 aliphatic carbocycles. The molecule has 1 aliphatic heterocycles. The molecule has 0 bridgehead atoms. The van der Waals surface area contributed by atoms with Gasteiger partial charge in [0.1, 0.15) is 0 Å². The lowest BCUT2D eigenvalue weighted by Gasteiger charge is -2.29. The predicted molar refractivity (Wildman–Crippen MR) is 68.5 cm³/mol. The maximum Gasteiger partial charge on any atom is 0.0242 e. The number of thioether (sulfide) groups is 1. The number of nitrogens with zero attached hydrogens (tertiary/aromatic N) is 1. The third kappa shape index (κ3) is 3.65. The van der Waals surface area contributed by atoms with E-state index < -0.39 is 0 Å². The lowest BCUT2D eigenvalue weighted by atomic mass is 10.1. The summed E-state index contributed by atoms with van der Waals surface area (Å²) in [6.07, 6.45) is 5.68. The summed E-state index contributed by atoms with van der Waals surface area (Å²) < 4.78 is 0. The first kappa shape index (κ1) is 11.7. The normalized spacial score (nSPS) is 29.4. The second kappa shape index (κ2) is 5.55. The van der Waals surface area contributed by atoms with Crippen molar-refractivity contribution in [3.05, 3.63) is 0 Å². The summed E-state index contributed by atoms with van der Waals surface area (Å²) in [5.41, 5.74) is 0. The zero-order valence-corrected chi connectivity index (χ0v) is 10.9. The molecule has 3 heteroatoms. The highest BCUT2D eigenvalue weighted by Crippen LogP contribution is 2.34. The Morgan fingerprint density at radius 3 is 2.67 bits per heavy atom. The summed E-state index contributed by atoms with van der Waals surface area (Å²) in [5, 5.41) is 3.76. The molecule has 1 N–H and O–H groups in total. The molecule has 1 saturated carbocycles. The molecule has 2 atom stereocenters. The number of nitrogens with one attached hydrogen (secondary N) is 1. The van der Waals surface area contributed by atoms with Crippen molar-refractivity contribution >= 4 is 11.8 Å². The van der Waals surface area contributed by atoms with Gasteiger partial charge in [-0.25, -0.2) is 0 Å². The highest BCUT2D eigenvalue weighted by molar-refractivity contribution is 7.99. The fourth-order valence-electron chi connectivity index (χ4n) is 2.44. The summed E-state index contributed by atoms with van der Waals surface area (Å²) in [4.78, 5) is 2.40. The maximum atomic E-state index is 3.76. The van der Waals surface area contributed by atoms with Crippen LogP contribution < -0.4 is 5.32 Å². The molecule has 2 aliphatic rings. The zero-order chi connectivity index (χ0) is 10.7. The van der Waals surface area contributed by atoms with E-state index in [1.165, 1.54) is 43.7 Å². The summed E-state index contributed by atoms with van der Waals surface area (Å²) >= 11 is 2.11. The molecule has 15 heavy (non-hydrogen) atoms. The van der Waals surface area contributed by atoms with Crippen LogP contribution >= 0.6 is 11.8 Å². The lowest BCUT2D eigenvalue weighted by molar-refractivity contribution is 0.248. The van der Waals surface area contributed by atoms with Crippen molar-refractivity contribution in [3.63, 3.8) is 0 Å². The van der Waals surface area contributed by atoms with Gasteiger partial charge in [-0.2, -0.15) is 11.8 Å². The van der Waals surface area contributed by atoms with Gasteiger partial charge in [0.15, 0.2) is 0 Å². The molecular weight excluding hydrogens is 204 g/mol. The fourth-order valence-corrected chi connectivity index (χ4v) is 3.55. The Hall–Kier alpha value is 0.270. The van der Waals surface area contributed by atoms with Crippen LogP contribution in [0.4, 0.5) is 0 Å². The second-order valence-corrected chi connectivity index (χ2v) is 6.34. The molecule has 0 aromatic carbocycles. The Morgan fingerprint density at radius 1 is 1.33 bits per heavy atom. The molecule has 2 fully saturated rings. The molecule has 0 aromatic heterocycles. The first-order valence-corrected chi connectivity index (χ1v) is 7.40. The highest BCUT2D eigenvalue weighted by atomic mass is 32.2. The van der Waals surface area contributed by atoms with Crippen LogP contribution in [0.2, 0.25) is 0 Å². The van der Waals surface area contributed by atoms with Crippen molar-refractivity contribution in [3.8, 4) is 0 Å². The van der Waals surface area contributed by atoms with Crippen LogP contribution in [0.25, 0.3) is 0 Å². The Bertz CT molecular complexity index is 184. The van der Waals surface area contributed by atoms with Gasteiger partial charge < -0.3 is 10.2 Å². The Labute approximate surface area is 98.2 Å². The van der Waals surface area contributed by atoms with Gasteiger partial charge in [0.25, 0.3) is 0 Å². The van der Waals surface area contributed by atoms with Gasteiger partial charge >= 0.3 is 0 Å². The van der Waals surface area contributed by atoms with Gasteiger partial charge in [0.2, 0.25) is 0 Å². The van der Waals surface area contributed by atoms with E-state index in [4.69, 9.17) is 0 Å². The van der Waals surface area contributed by atoms with Crippen molar-refractivity contribution in [1.82, 2.24) is 10.2 Å². The monoisotopic (exact) mass is 228 g/mol. The molecule has 2 unspecified atom stereocenters. The van der Waals surface area contributed by atoms with E-state index >= 15 is 0 Å². The molecule has 2 rings (SSSR count). The van der Waals surface area contributed by atoms with Crippen LogP contribution in [0.3, 0.4) is 0 Å². The third-order valence-electron chi connectivity index (χ3n) is 3.61. The highest BCUT2D eigenvalue weighted by Gasteiger charge is 2.32. The van der Waals surface area contributed by atoms with Crippen LogP contribution in [-0.2, 0) is 0 Å². The minimum absolute atomic E-state index is 0.775. The van der Waals surface area contributed by atoms with Crippen LogP contribution in [0, 0.1) is 5.92 Å². The van der Waals surface area contributed by atoms with E-state index in [9.17, 15) is 0 Å². The molecule has 1 heterocycles. The minimum Gasteiger partial charge on any atom is -0.312 e. The minimum atomic E-state index is 0.775. The Morgan fingerprint density at radius 2 is 2.13 bits per heavy atom. The standard InChI is InChI=1S/C12H24N2S/c1-14(2)12(10-5-6-10)8-13-11-4-3-7-15-9-11/h10-13H,3-9H2,1-2H3. The molecule has 88 valence electrons. The van der Waals surface area contributed by atoms with Gasteiger partial charge in [0, 0.05) is 24.4 Å². The van der Waals surface area contributed by atoms with E-state index in [0.29, 0.717) is 0 Å². The van der Waals surface area contributed by atoms with Crippen LogP contribution in [0.5, 0.6) is 0 Å². The first-order chi connectivity index (χ1) is 7.27. The fraction of sp³-hybridized carbons (Fsp3) is 1.00. The van der Waals surface area contributed by atoms with Crippen molar-refractivity contribution in [1.29, 1.82) is 0 Å². The molecule has 1 saturated heterocycles. The predicted octanol–water partition coefficient (Wildman–Crippen LogP) is 1.81. The topological polar surface area (TPSA) is 15.3 Å². The molecular formula is C12H24N2S. The molecule has 0 aromatic rings. The van der Waals surface area contributed by atoms with Crippen LogP contribution in [-0.4, -0.2) is 49.1 Å². The molecule has 0 spiro atoms. The van der Waals surface area contributed by atoms with Crippen molar-refractivity contribution < 1.29 is 0 Å². The lowest BCUT2D eigenvalue weighted by Crippen LogP contribution is -2.44. The second-order valence-electron chi connectivity index (χ2n) is 5.19. The van der Waals surface area contributed by atoms with Crippen molar-refractivity contribution in [2.75, 3.05) is 32.1 Å². The molecule has 2 nitrogen and oxygen atoms in total. The van der Waals surface area contributed by atoms with Gasteiger partial charge in [-0.3, -0.25) is 0 Å². The van der Waals surface area contributed by atoms with Gasteiger partial charge in [-0.15, -0.1) is 0 Å². The van der Waals surface area contributed by atoms with Crippen LogP contribution in [0.1, 0.15) is 25.7 Å². The molecule has 0 amide bonds. The summed E-state index contributed by atoms with van der Waals surface area (Å²) in [7, 11) is 4.45. The van der Waals surface area contributed by atoms with Crippen molar-refractivity contribution in [2.24, 2.45) is 5.92 Å². The quantitative estimate of drug-likeness (QED) is 0.772. The molecule has 0 radical (unpaired) electrons. The number of hydrogen-bond acceptors (Lipinski definition) is 3. The van der Waals surface area contributed by atoms with Gasteiger partial charge in [0.05, 0.1) is 0 Å².